The first-order valence-corrected chi connectivity index (χ1v) is 5.60. The van der Waals surface area contributed by atoms with Crippen LogP contribution in [0.2, 0.25) is 0 Å². The van der Waals surface area contributed by atoms with Crippen molar-refractivity contribution in [1.29, 1.82) is 5.26 Å². The molecule has 0 spiro atoms. The highest BCUT2D eigenvalue weighted by Gasteiger charge is 2.10. The van der Waals surface area contributed by atoms with E-state index in [1.165, 1.54) is 0 Å². The molecule has 90 valence electrons. The Labute approximate surface area is 102 Å². The fourth-order valence-corrected chi connectivity index (χ4v) is 1.21. The van der Waals surface area contributed by atoms with E-state index in [1.54, 1.807) is 24.3 Å². The summed E-state index contributed by atoms with van der Waals surface area (Å²) in [6, 6.07) is 8.70. The Morgan fingerprint density at radius 2 is 2.06 bits per heavy atom. The van der Waals surface area contributed by atoms with Crippen LogP contribution in [0.1, 0.15) is 26.3 Å². The second kappa shape index (κ2) is 5.90. The quantitative estimate of drug-likeness (QED) is 0.840. The number of anilines is 1. The molecule has 0 saturated carbocycles. The zero-order chi connectivity index (χ0) is 12.8. The van der Waals surface area contributed by atoms with Crippen LogP contribution in [-0.2, 0) is 0 Å². The molecular weight excluding hydrogens is 214 g/mol. The van der Waals surface area contributed by atoms with E-state index in [-0.39, 0.29) is 12.1 Å². The van der Waals surface area contributed by atoms with Crippen LogP contribution in [0.15, 0.2) is 24.3 Å². The van der Waals surface area contributed by atoms with Gasteiger partial charge in [-0.25, -0.2) is 4.79 Å². The fourth-order valence-electron chi connectivity index (χ4n) is 1.21. The lowest BCUT2D eigenvalue weighted by Crippen LogP contribution is -2.38. The summed E-state index contributed by atoms with van der Waals surface area (Å²) in [4.78, 5) is 11.6. The molecular formula is C13H17N3O. The highest BCUT2D eigenvalue weighted by atomic mass is 16.2. The summed E-state index contributed by atoms with van der Waals surface area (Å²) < 4.78 is 0. The van der Waals surface area contributed by atoms with Crippen molar-refractivity contribution in [2.45, 2.75) is 26.8 Å². The van der Waals surface area contributed by atoms with Crippen LogP contribution in [0.3, 0.4) is 0 Å². The normalized spacial score (nSPS) is 11.7. The van der Waals surface area contributed by atoms with Crippen molar-refractivity contribution < 1.29 is 4.79 Å². The maximum atomic E-state index is 11.6. The van der Waals surface area contributed by atoms with Crippen LogP contribution < -0.4 is 10.6 Å². The van der Waals surface area contributed by atoms with Crippen LogP contribution in [0.4, 0.5) is 10.5 Å². The lowest BCUT2D eigenvalue weighted by molar-refractivity contribution is 0.246. The Morgan fingerprint density at radius 3 is 2.65 bits per heavy atom. The molecule has 0 heterocycles. The molecule has 0 bridgehead atoms. The predicted molar refractivity (Wildman–Crippen MR) is 67.6 cm³/mol. The summed E-state index contributed by atoms with van der Waals surface area (Å²) >= 11 is 0. The Balaban J connectivity index is 2.59. The number of carbonyl (C=O) groups excluding carboxylic acids is 1. The monoisotopic (exact) mass is 231 g/mol. The number of nitriles is 1. The largest absolute Gasteiger partial charge is 0.335 e. The molecule has 2 N–H and O–H groups in total. The van der Waals surface area contributed by atoms with Crippen molar-refractivity contribution in [3.8, 4) is 6.07 Å². The second-order valence-corrected chi connectivity index (χ2v) is 4.32. The van der Waals surface area contributed by atoms with Crippen LogP contribution in [0.25, 0.3) is 0 Å². The van der Waals surface area contributed by atoms with Crippen molar-refractivity contribution in [3.63, 3.8) is 0 Å². The Morgan fingerprint density at radius 1 is 1.35 bits per heavy atom. The van der Waals surface area contributed by atoms with Gasteiger partial charge in [0.2, 0.25) is 0 Å². The third kappa shape index (κ3) is 4.15. The van der Waals surface area contributed by atoms with E-state index in [2.05, 4.69) is 10.6 Å². The second-order valence-electron chi connectivity index (χ2n) is 4.32. The van der Waals surface area contributed by atoms with Gasteiger partial charge in [-0.15, -0.1) is 0 Å². The molecule has 4 heteroatoms. The number of hydrogen-bond donors (Lipinski definition) is 2. The Bertz CT molecular complexity index is 435. The first-order chi connectivity index (χ1) is 8.02. The highest BCUT2D eigenvalue weighted by molar-refractivity contribution is 5.89. The molecule has 2 amide bonds. The molecule has 0 fully saturated rings. The standard InChI is InChI=1S/C13H17N3O/c1-9(2)10(3)15-13(17)16-12-6-4-5-11(7-12)8-14/h4-7,9-10H,1-3H3,(H2,15,16,17). The molecule has 0 aromatic heterocycles. The maximum Gasteiger partial charge on any atom is 0.319 e. The Kier molecular flexibility index (Phi) is 4.53. The van der Waals surface area contributed by atoms with Crippen molar-refractivity contribution in [2.75, 3.05) is 5.32 Å². The molecule has 1 aromatic carbocycles. The van der Waals surface area contributed by atoms with E-state index in [4.69, 9.17) is 5.26 Å². The number of amides is 2. The van der Waals surface area contributed by atoms with E-state index in [0.29, 0.717) is 17.2 Å². The lowest BCUT2D eigenvalue weighted by Gasteiger charge is -2.17. The third-order valence-electron chi connectivity index (χ3n) is 2.61. The van der Waals surface area contributed by atoms with Crippen molar-refractivity contribution in [2.24, 2.45) is 5.92 Å². The smallest absolute Gasteiger partial charge is 0.319 e. The van der Waals surface area contributed by atoms with Crippen LogP contribution in [-0.4, -0.2) is 12.1 Å². The summed E-state index contributed by atoms with van der Waals surface area (Å²) in [5.74, 6) is 0.381. The molecule has 0 saturated heterocycles. The summed E-state index contributed by atoms with van der Waals surface area (Å²) in [6.45, 7) is 6.04. The van der Waals surface area contributed by atoms with Gasteiger partial charge in [0.15, 0.2) is 0 Å². The number of hydrogen-bond acceptors (Lipinski definition) is 2. The van der Waals surface area contributed by atoms with Gasteiger partial charge >= 0.3 is 6.03 Å². The number of nitrogens with one attached hydrogen (secondary N) is 2. The number of nitrogens with zero attached hydrogens (tertiary/aromatic N) is 1. The van der Waals surface area contributed by atoms with E-state index < -0.39 is 0 Å². The van der Waals surface area contributed by atoms with Crippen LogP contribution in [0.5, 0.6) is 0 Å². The fraction of sp³-hybridized carbons (Fsp3) is 0.385. The average molecular weight is 231 g/mol. The highest BCUT2D eigenvalue weighted by Crippen LogP contribution is 2.09. The molecule has 0 radical (unpaired) electrons. The van der Waals surface area contributed by atoms with Gasteiger partial charge in [0.1, 0.15) is 0 Å². The zero-order valence-electron chi connectivity index (χ0n) is 10.3. The average Bonchev–Trinajstić information content (AvgIpc) is 2.28. The van der Waals surface area contributed by atoms with Crippen molar-refractivity contribution >= 4 is 11.7 Å². The molecule has 1 unspecified atom stereocenters. The van der Waals surface area contributed by atoms with Gasteiger partial charge < -0.3 is 10.6 Å². The molecule has 1 atom stereocenters. The Hall–Kier alpha value is -2.02. The first-order valence-electron chi connectivity index (χ1n) is 5.60. The van der Waals surface area contributed by atoms with Gasteiger partial charge in [0, 0.05) is 11.7 Å². The van der Waals surface area contributed by atoms with Gasteiger partial charge in [-0.3, -0.25) is 0 Å². The predicted octanol–water partition coefficient (Wildman–Crippen LogP) is 2.72. The molecule has 0 aliphatic rings. The van der Waals surface area contributed by atoms with Gasteiger partial charge in [-0.1, -0.05) is 19.9 Å². The van der Waals surface area contributed by atoms with Crippen molar-refractivity contribution in [1.82, 2.24) is 5.32 Å². The number of urea groups is 1. The topological polar surface area (TPSA) is 64.9 Å². The van der Waals surface area contributed by atoms with Gasteiger partial charge in [0.25, 0.3) is 0 Å². The van der Waals surface area contributed by atoms with Crippen LogP contribution in [0, 0.1) is 17.2 Å². The first kappa shape index (κ1) is 13.0. The SMILES string of the molecule is CC(C)C(C)NC(=O)Nc1cccc(C#N)c1. The van der Waals surface area contributed by atoms with Crippen LogP contribution >= 0.6 is 0 Å². The lowest BCUT2D eigenvalue weighted by atomic mass is 10.1. The minimum absolute atomic E-state index is 0.106. The number of rotatable bonds is 3. The van der Waals surface area contributed by atoms with E-state index >= 15 is 0 Å². The molecule has 1 aromatic rings. The summed E-state index contributed by atoms with van der Waals surface area (Å²) in [5, 5.41) is 14.3. The van der Waals surface area contributed by atoms with Crippen molar-refractivity contribution in [3.05, 3.63) is 29.8 Å². The summed E-state index contributed by atoms with van der Waals surface area (Å²) in [7, 11) is 0. The summed E-state index contributed by atoms with van der Waals surface area (Å²) in [6.07, 6.45) is 0. The maximum absolute atomic E-state index is 11.6. The molecule has 1 rings (SSSR count). The van der Waals surface area contributed by atoms with E-state index in [1.807, 2.05) is 26.8 Å². The minimum Gasteiger partial charge on any atom is -0.335 e. The number of benzene rings is 1. The minimum atomic E-state index is -0.249. The zero-order valence-corrected chi connectivity index (χ0v) is 10.3. The number of carbonyl (C=O) groups is 1. The molecule has 0 aliphatic carbocycles. The molecule has 4 nitrogen and oxygen atoms in total. The van der Waals surface area contributed by atoms with Gasteiger partial charge in [-0.2, -0.15) is 5.26 Å². The van der Waals surface area contributed by atoms with Gasteiger partial charge in [0.05, 0.1) is 11.6 Å². The van der Waals surface area contributed by atoms with E-state index in [9.17, 15) is 4.79 Å². The molecule has 0 aliphatic heterocycles. The van der Waals surface area contributed by atoms with Gasteiger partial charge in [-0.05, 0) is 31.0 Å². The third-order valence-corrected chi connectivity index (χ3v) is 2.61. The molecule has 17 heavy (non-hydrogen) atoms. The summed E-state index contributed by atoms with van der Waals surface area (Å²) in [5.41, 5.74) is 1.15. The van der Waals surface area contributed by atoms with E-state index in [0.717, 1.165) is 0 Å².